The molecule has 2 N–H and O–H groups in total. The molecule has 0 radical (unpaired) electrons. The van der Waals surface area contributed by atoms with E-state index in [0.29, 0.717) is 5.56 Å². The first kappa shape index (κ1) is 15.7. The summed E-state index contributed by atoms with van der Waals surface area (Å²) in [5.41, 5.74) is 4.35. The van der Waals surface area contributed by atoms with Crippen molar-refractivity contribution in [2.45, 2.75) is 63.2 Å². The van der Waals surface area contributed by atoms with Gasteiger partial charge in [0.1, 0.15) is 0 Å². The Bertz CT molecular complexity index is 690. The van der Waals surface area contributed by atoms with E-state index in [1.165, 1.54) is 32.1 Å². The van der Waals surface area contributed by atoms with Gasteiger partial charge in [0.25, 0.3) is 5.91 Å². The number of hydrogen-bond acceptors (Lipinski definition) is 5. The first-order chi connectivity index (χ1) is 12.2. The summed E-state index contributed by atoms with van der Waals surface area (Å²) in [5.74, 6) is 0.412. The number of rotatable bonds is 4. The summed E-state index contributed by atoms with van der Waals surface area (Å²) in [4.78, 5) is 21.5. The first-order valence-electron chi connectivity index (χ1n) is 9.65. The predicted molar refractivity (Wildman–Crippen MR) is 92.2 cm³/mol. The van der Waals surface area contributed by atoms with E-state index in [-0.39, 0.29) is 0 Å². The Morgan fingerprint density at radius 2 is 2.12 bits per heavy atom. The van der Waals surface area contributed by atoms with Crippen molar-refractivity contribution in [2.24, 2.45) is 5.92 Å². The summed E-state index contributed by atoms with van der Waals surface area (Å²) in [6, 6.07) is 4.35. The molecule has 6 nitrogen and oxygen atoms in total. The lowest BCUT2D eigenvalue weighted by molar-refractivity contribution is 0.0705. The molecule has 25 heavy (non-hydrogen) atoms. The first-order valence-corrected chi connectivity index (χ1v) is 9.65. The van der Waals surface area contributed by atoms with Crippen LogP contribution in [0.15, 0.2) is 12.3 Å². The van der Waals surface area contributed by atoms with Gasteiger partial charge < -0.3 is 0 Å². The third-order valence-corrected chi connectivity index (χ3v) is 6.70. The summed E-state index contributed by atoms with van der Waals surface area (Å²) in [5, 5.41) is 8.78. The Labute approximate surface area is 148 Å². The molecule has 1 aromatic rings. The number of nitrogens with one attached hydrogen (secondary N) is 1. The number of likely N-dealkylation sites (tertiary alicyclic amines) is 1. The molecule has 3 fully saturated rings. The smallest absolute Gasteiger partial charge is 0.276 e. The van der Waals surface area contributed by atoms with Crippen LogP contribution in [-0.2, 0) is 13.0 Å². The maximum atomic E-state index is 11.6. The second kappa shape index (κ2) is 6.04. The van der Waals surface area contributed by atoms with Crippen molar-refractivity contribution >= 4 is 5.91 Å². The second-order valence-electron chi connectivity index (χ2n) is 8.23. The molecule has 2 bridgehead atoms. The van der Waals surface area contributed by atoms with E-state index in [1.54, 1.807) is 11.7 Å². The van der Waals surface area contributed by atoms with Gasteiger partial charge in [-0.25, -0.2) is 5.48 Å². The highest BCUT2D eigenvalue weighted by Gasteiger charge is 2.51. The highest BCUT2D eigenvalue weighted by Crippen LogP contribution is 2.48. The van der Waals surface area contributed by atoms with E-state index >= 15 is 0 Å². The van der Waals surface area contributed by atoms with Gasteiger partial charge in [-0.2, -0.15) is 0 Å². The summed E-state index contributed by atoms with van der Waals surface area (Å²) in [6.07, 6.45) is 9.56. The van der Waals surface area contributed by atoms with Crippen molar-refractivity contribution in [2.75, 3.05) is 13.1 Å². The fraction of sp³-hybridized carbons (Fsp3) is 0.684. The number of aromatic nitrogens is 1. The molecule has 5 rings (SSSR count). The molecule has 0 spiro atoms. The third-order valence-electron chi connectivity index (χ3n) is 6.70. The van der Waals surface area contributed by atoms with E-state index in [1.807, 2.05) is 6.07 Å². The van der Waals surface area contributed by atoms with Gasteiger partial charge in [0.05, 0.1) is 11.3 Å². The van der Waals surface area contributed by atoms with Crippen LogP contribution in [0.3, 0.4) is 0 Å². The lowest BCUT2D eigenvalue weighted by Crippen LogP contribution is -2.49. The zero-order chi connectivity index (χ0) is 17.0. The molecule has 2 saturated carbocycles. The van der Waals surface area contributed by atoms with Crippen LogP contribution >= 0.6 is 0 Å². The maximum absolute atomic E-state index is 11.6. The molecule has 1 saturated heterocycles. The molecule has 3 heterocycles. The third kappa shape index (κ3) is 2.76. The number of carbonyl (C=O) groups is 1. The summed E-state index contributed by atoms with van der Waals surface area (Å²) >= 11 is 0. The highest BCUT2D eigenvalue weighted by molar-refractivity contribution is 5.93. The predicted octanol–water partition coefficient (Wildman–Crippen LogP) is 1.57. The molecule has 1 aromatic heterocycles. The van der Waals surface area contributed by atoms with Crippen molar-refractivity contribution in [1.29, 1.82) is 0 Å². The van der Waals surface area contributed by atoms with E-state index in [2.05, 4.69) is 14.8 Å². The van der Waals surface area contributed by atoms with Crippen molar-refractivity contribution in [3.05, 3.63) is 29.1 Å². The fourth-order valence-electron chi connectivity index (χ4n) is 5.39. The zero-order valence-corrected chi connectivity index (χ0v) is 14.5. The molecule has 3 unspecified atom stereocenters. The van der Waals surface area contributed by atoms with E-state index in [0.717, 1.165) is 61.4 Å². The topological polar surface area (TPSA) is 68.7 Å². The van der Waals surface area contributed by atoms with Gasteiger partial charge in [-0.15, -0.1) is 0 Å². The standard InChI is InChI=1S/C19H26N4O2/c24-19(21-25)14-7-12-5-6-22(10-17(12)20-9-14)11-18-13-1-2-16(8-13)23(18)15-3-4-15/h7,9,13,15-16,18,25H,1-6,8,10-11H2,(H,21,24). The molecular formula is C19H26N4O2. The lowest BCUT2D eigenvalue weighted by atomic mass is 9.96. The number of fused-ring (bicyclic) bond motifs is 3. The fourth-order valence-corrected chi connectivity index (χ4v) is 5.39. The van der Waals surface area contributed by atoms with Crippen LogP contribution in [0.5, 0.6) is 0 Å². The Kier molecular flexibility index (Phi) is 3.80. The molecule has 2 aliphatic carbocycles. The van der Waals surface area contributed by atoms with Crippen LogP contribution in [0.1, 0.15) is 53.7 Å². The number of hydroxylamine groups is 1. The van der Waals surface area contributed by atoms with Crippen LogP contribution in [0.25, 0.3) is 0 Å². The zero-order valence-electron chi connectivity index (χ0n) is 14.5. The molecule has 4 aliphatic rings. The van der Waals surface area contributed by atoms with Gasteiger partial charge in [-0.1, -0.05) is 0 Å². The van der Waals surface area contributed by atoms with Crippen LogP contribution in [-0.4, -0.2) is 57.1 Å². The summed E-state index contributed by atoms with van der Waals surface area (Å²) < 4.78 is 0. The lowest BCUT2D eigenvalue weighted by Gasteiger charge is -2.39. The quantitative estimate of drug-likeness (QED) is 0.642. The monoisotopic (exact) mass is 342 g/mol. The minimum atomic E-state index is -0.486. The summed E-state index contributed by atoms with van der Waals surface area (Å²) in [6.45, 7) is 3.08. The molecule has 3 atom stereocenters. The Morgan fingerprint density at radius 1 is 1.28 bits per heavy atom. The largest absolute Gasteiger partial charge is 0.296 e. The number of carbonyl (C=O) groups excluding carboxylic acids is 1. The highest BCUT2D eigenvalue weighted by atomic mass is 16.5. The Morgan fingerprint density at radius 3 is 2.92 bits per heavy atom. The van der Waals surface area contributed by atoms with Gasteiger partial charge in [0, 0.05) is 44.0 Å². The normalized spacial score (nSPS) is 32.0. The minimum Gasteiger partial charge on any atom is -0.296 e. The van der Waals surface area contributed by atoms with E-state index in [4.69, 9.17) is 5.21 Å². The SMILES string of the molecule is O=C(NO)c1cnc2c(c1)CCN(CC1C3CCC(C3)N1C1CC1)C2. The van der Waals surface area contributed by atoms with Crippen molar-refractivity contribution in [1.82, 2.24) is 20.3 Å². The number of amides is 1. The Balaban J connectivity index is 1.29. The maximum Gasteiger partial charge on any atom is 0.276 e. The van der Waals surface area contributed by atoms with Crippen LogP contribution < -0.4 is 5.48 Å². The van der Waals surface area contributed by atoms with Gasteiger partial charge in [-0.3, -0.25) is 24.8 Å². The molecule has 6 heteroatoms. The summed E-state index contributed by atoms with van der Waals surface area (Å²) in [7, 11) is 0. The number of nitrogens with zero attached hydrogens (tertiary/aromatic N) is 3. The van der Waals surface area contributed by atoms with Gasteiger partial charge >= 0.3 is 0 Å². The number of pyridine rings is 1. The van der Waals surface area contributed by atoms with Gasteiger partial charge in [-0.05, 0) is 56.1 Å². The van der Waals surface area contributed by atoms with Crippen molar-refractivity contribution in [3.8, 4) is 0 Å². The van der Waals surface area contributed by atoms with Crippen molar-refractivity contribution < 1.29 is 10.0 Å². The average molecular weight is 342 g/mol. The molecule has 2 aliphatic heterocycles. The molecule has 134 valence electrons. The van der Waals surface area contributed by atoms with Crippen LogP contribution in [0, 0.1) is 5.92 Å². The van der Waals surface area contributed by atoms with Crippen LogP contribution in [0.4, 0.5) is 0 Å². The van der Waals surface area contributed by atoms with Crippen molar-refractivity contribution in [3.63, 3.8) is 0 Å². The Hall–Kier alpha value is -1.50. The average Bonchev–Trinajstić information content (AvgIpc) is 3.28. The molecular weight excluding hydrogens is 316 g/mol. The van der Waals surface area contributed by atoms with Gasteiger partial charge in [0.15, 0.2) is 0 Å². The minimum absolute atomic E-state index is 0.433. The van der Waals surface area contributed by atoms with Crippen LogP contribution in [0.2, 0.25) is 0 Å². The molecule has 0 aromatic carbocycles. The van der Waals surface area contributed by atoms with E-state index in [9.17, 15) is 4.79 Å². The number of piperidine rings is 1. The number of hydrogen-bond donors (Lipinski definition) is 2. The second-order valence-corrected chi connectivity index (χ2v) is 8.23. The van der Waals surface area contributed by atoms with E-state index < -0.39 is 5.91 Å². The van der Waals surface area contributed by atoms with Gasteiger partial charge in [0.2, 0.25) is 0 Å². The molecule has 1 amide bonds.